The van der Waals surface area contributed by atoms with E-state index < -0.39 is 12.3 Å². The van der Waals surface area contributed by atoms with Gasteiger partial charge in [0.15, 0.2) is 6.10 Å². The predicted octanol–water partition coefficient (Wildman–Crippen LogP) is 2.34. The van der Waals surface area contributed by atoms with E-state index >= 15 is 0 Å². The second-order valence-electron chi connectivity index (χ2n) is 4.04. The van der Waals surface area contributed by atoms with Crippen molar-refractivity contribution in [3.8, 4) is 0 Å². The highest BCUT2D eigenvalue weighted by Gasteiger charge is 2.39. The first kappa shape index (κ1) is 12.8. The van der Waals surface area contributed by atoms with Gasteiger partial charge in [-0.2, -0.15) is 13.2 Å². The molecule has 1 atom stereocenters. The van der Waals surface area contributed by atoms with E-state index in [2.05, 4.69) is 10.1 Å². The number of piperidine rings is 1. The average Bonchev–Trinajstić information content (AvgIpc) is 2.18. The summed E-state index contributed by atoms with van der Waals surface area (Å²) in [5, 5.41) is 3.19. The van der Waals surface area contributed by atoms with E-state index in [1.165, 1.54) is 0 Å². The van der Waals surface area contributed by atoms with E-state index in [0.29, 0.717) is 12.3 Å². The Kier molecular flexibility index (Phi) is 4.86. The van der Waals surface area contributed by atoms with Gasteiger partial charge in [-0.05, 0) is 44.7 Å². The lowest BCUT2D eigenvalue weighted by Crippen LogP contribution is -2.33. The summed E-state index contributed by atoms with van der Waals surface area (Å²) in [6.45, 7) is 1.85. The van der Waals surface area contributed by atoms with Gasteiger partial charge in [-0.3, -0.25) is 0 Å². The van der Waals surface area contributed by atoms with Crippen LogP contribution in [-0.4, -0.2) is 32.5 Å². The van der Waals surface area contributed by atoms with Crippen molar-refractivity contribution in [2.24, 2.45) is 5.92 Å². The first-order valence-corrected chi connectivity index (χ1v) is 5.34. The molecule has 1 saturated heterocycles. The average molecular weight is 225 g/mol. The molecule has 1 aliphatic heterocycles. The maximum absolute atomic E-state index is 12.3. The van der Waals surface area contributed by atoms with Crippen molar-refractivity contribution in [2.75, 3.05) is 20.2 Å². The van der Waals surface area contributed by atoms with Crippen LogP contribution in [0.5, 0.6) is 0 Å². The van der Waals surface area contributed by atoms with Crippen LogP contribution in [0.1, 0.15) is 25.7 Å². The third-order valence-electron chi connectivity index (χ3n) is 2.95. The molecule has 15 heavy (non-hydrogen) atoms. The molecule has 5 heteroatoms. The Morgan fingerprint density at radius 3 is 2.40 bits per heavy atom. The summed E-state index contributed by atoms with van der Waals surface area (Å²) in [5.41, 5.74) is 0. The van der Waals surface area contributed by atoms with Crippen LogP contribution in [0.25, 0.3) is 0 Å². The Labute approximate surface area is 88.2 Å². The van der Waals surface area contributed by atoms with E-state index in [1.807, 2.05) is 0 Å². The largest absolute Gasteiger partial charge is 0.414 e. The monoisotopic (exact) mass is 225 g/mol. The van der Waals surface area contributed by atoms with Crippen LogP contribution in [0.3, 0.4) is 0 Å². The molecule has 1 unspecified atom stereocenters. The van der Waals surface area contributed by atoms with E-state index in [4.69, 9.17) is 0 Å². The van der Waals surface area contributed by atoms with Gasteiger partial charge in [0.2, 0.25) is 0 Å². The van der Waals surface area contributed by atoms with Gasteiger partial charge in [0, 0.05) is 7.11 Å². The Balaban J connectivity index is 2.27. The molecule has 1 aliphatic rings. The highest BCUT2D eigenvalue weighted by atomic mass is 19.4. The van der Waals surface area contributed by atoms with Crippen molar-refractivity contribution in [1.29, 1.82) is 0 Å². The number of nitrogens with one attached hydrogen (secondary N) is 1. The van der Waals surface area contributed by atoms with Crippen LogP contribution in [-0.2, 0) is 4.74 Å². The number of halogens is 3. The summed E-state index contributed by atoms with van der Waals surface area (Å²) in [6.07, 6.45) is -3.15. The third-order valence-corrected chi connectivity index (χ3v) is 2.95. The highest BCUT2D eigenvalue weighted by molar-refractivity contribution is 4.73. The maximum atomic E-state index is 12.3. The van der Waals surface area contributed by atoms with E-state index in [0.717, 1.165) is 33.0 Å². The van der Waals surface area contributed by atoms with Crippen LogP contribution >= 0.6 is 0 Å². The maximum Gasteiger partial charge on any atom is 0.414 e. The summed E-state index contributed by atoms with van der Waals surface area (Å²) in [4.78, 5) is 0. The molecule has 0 saturated carbocycles. The summed E-state index contributed by atoms with van der Waals surface area (Å²) >= 11 is 0. The summed E-state index contributed by atoms with van der Waals surface area (Å²) in [5.74, 6) is 0.422. The molecule has 2 nitrogen and oxygen atoms in total. The standard InChI is InChI=1S/C10H18F3NO/c1-15-9(10(11,12)13)3-2-8-4-6-14-7-5-8/h8-9,14H,2-7H2,1H3. The van der Waals surface area contributed by atoms with Gasteiger partial charge < -0.3 is 10.1 Å². The van der Waals surface area contributed by atoms with Gasteiger partial charge in [0.25, 0.3) is 0 Å². The van der Waals surface area contributed by atoms with Crippen LogP contribution in [0.4, 0.5) is 13.2 Å². The lowest BCUT2D eigenvalue weighted by molar-refractivity contribution is -0.215. The van der Waals surface area contributed by atoms with E-state index in [9.17, 15) is 13.2 Å². The minimum Gasteiger partial charge on any atom is -0.372 e. The van der Waals surface area contributed by atoms with Gasteiger partial charge in [-0.1, -0.05) is 0 Å². The molecule has 1 fully saturated rings. The van der Waals surface area contributed by atoms with Gasteiger partial charge in [0.05, 0.1) is 0 Å². The van der Waals surface area contributed by atoms with Crippen LogP contribution < -0.4 is 5.32 Å². The van der Waals surface area contributed by atoms with Gasteiger partial charge in [0.1, 0.15) is 0 Å². The van der Waals surface area contributed by atoms with Crippen molar-refractivity contribution < 1.29 is 17.9 Å². The SMILES string of the molecule is COC(CCC1CCNCC1)C(F)(F)F. The van der Waals surface area contributed by atoms with Gasteiger partial charge in [-0.25, -0.2) is 0 Å². The minimum atomic E-state index is -4.22. The van der Waals surface area contributed by atoms with Crippen LogP contribution in [0.15, 0.2) is 0 Å². The Bertz CT molecular complexity index is 178. The number of methoxy groups -OCH3 is 1. The smallest absolute Gasteiger partial charge is 0.372 e. The zero-order chi connectivity index (χ0) is 11.3. The van der Waals surface area contributed by atoms with E-state index in [1.54, 1.807) is 0 Å². The number of hydrogen-bond acceptors (Lipinski definition) is 2. The molecular weight excluding hydrogens is 207 g/mol. The molecule has 1 rings (SSSR count). The van der Waals surface area contributed by atoms with Crippen molar-refractivity contribution in [2.45, 2.75) is 38.0 Å². The molecule has 0 aliphatic carbocycles. The zero-order valence-corrected chi connectivity index (χ0v) is 8.94. The van der Waals surface area contributed by atoms with Crippen LogP contribution in [0, 0.1) is 5.92 Å². The second-order valence-corrected chi connectivity index (χ2v) is 4.04. The Hall–Kier alpha value is -0.290. The molecule has 90 valence electrons. The number of hydrogen-bond donors (Lipinski definition) is 1. The molecule has 0 radical (unpaired) electrons. The van der Waals surface area contributed by atoms with Crippen molar-refractivity contribution in [1.82, 2.24) is 5.32 Å². The van der Waals surface area contributed by atoms with Crippen LogP contribution in [0.2, 0.25) is 0 Å². The lowest BCUT2D eigenvalue weighted by Gasteiger charge is -2.25. The number of alkyl halides is 3. The fourth-order valence-corrected chi connectivity index (χ4v) is 1.97. The first-order chi connectivity index (χ1) is 7.04. The zero-order valence-electron chi connectivity index (χ0n) is 8.94. The van der Waals surface area contributed by atoms with Gasteiger partial charge in [-0.15, -0.1) is 0 Å². The minimum absolute atomic E-state index is 0.0880. The quantitative estimate of drug-likeness (QED) is 0.793. The summed E-state index contributed by atoms with van der Waals surface area (Å²) in [6, 6.07) is 0. The third kappa shape index (κ3) is 4.38. The number of rotatable bonds is 4. The molecule has 0 aromatic rings. The summed E-state index contributed by atoms with van der Waals surface area (Å²) in [7, 11) is 1.13. The number of ether oxygens (including phenoxy) is 1. The molecule has 0 bridgehead atoms. The first-order valence-electron chi connectivity index (χ1n) is 5.34. The molecule has 0 amide bonds. The van der Waals surface area contributed by atoms with Crippen molar-refractivity contribution >= 4 is 0 Å². The fourth-order valence-electron chi connectivity index (χ4n) is 1.97. The second kappa shape index (κ2) is 5.70. The molecule has 0 spiro atoms. The molecule has 1 N–H and O–H groups in total. The molecule has 0 aromatic heterocycles. The molecule has 0 aromatic carbocycles. The van der Waals surface area contributed by atoms with Crippen molar-refractivity contribution in [3.63, 3.8) is 0 Å². The van der Waals surface area contributed by atoms with Gasteiger partial charge >= 0.3 is 6.18 Å². The topological polar surface area (TPSA) is 21.3 Å². The van der Waals surface area contributed by atoms with Crippen molar-refractivity contribution in [3.05, 3.63) is 0 Å². The Morgan fingerprint density at radius 2 is 1.93 bits per heavy atom. The normalized spacial score (nSPS) is 21.6. The summed E-state index contributed by atoms with van der Waals surface area (Å²) < 4.78 is 41.5. The molecule has 1 heterocycles. The lowest BCUT2D eigenvalue weighted by atomic mass is 9.92. The predicted molar refractivity (Wildman–Crippen MR) is 51.7 cm³/mol. The highest BCUT2D eigenvalue weighted by Crippen LogP contribution is 2.28. The van der Waals surface area contributed by atoms with E-state index in [-0.39, 0.29) is 6.42 Å². The molecular formula is C10H18F3NO. The Morgan fingerprint density at radius 1 is 1.33 bits per heavy atom. The fraction of sp³-hybridized carbons (Fsp3) is 1.00.